The van der Waals surface area contributed by atoms with Crippen LogP contribution in [0, 0.1) is 0 Å². The molecule has 0 radical (unpaired) electrons. The third kappa shape index (κ3) is 3.04. The van der Waals surface area contributed by atoms with Crippen molar-refractivity contribution in [2.45, 2.75) is 13.5 Å². The molecule has 2 heterocycles. The van der Waals surface area contributed by atoms with Crippen molar-refractivity contribution < 1.29 is 4.79 Å². The Morgan fingerprint density at radius 2 is 1.74 bits per heavy atom. The maximum absolute atomic E-state index is 12.7. The van der Waals surface area contributed by atoms with Crippen LogP contribution < -0.4 is 0 Å². The SMILES string of the molecule is CCN1C(=O)/C(=C/c2cn(Cc3ccccc3)c3ccccc23)N(C)C1=S. The summed E-state index contributed by atoms with van der Waals surface area (Å²) >= 11 is 5.41. The van der Waals surface area contributed by atoms with E-state index >= 15 is 0 Å². The van der Waals surface area contributed by atoms with Crippen LogP contribution >= 0.6 is 12.2 Å². The number of hydrogen-bond donors (Lipinski definition) is 0. The van der Waals surface area contributed by atoms with E-state index in [-0.39, 0.29) is 5.91 Å². The number of fused-ring (bicyclic) bond motifs is 1. The van der Waals surface area contributed by atoms with Crippen LogP contribution in [0.25, 0.3) is 17.0 Å². The molecule has 1 aliphatic rings. The molecular formula is C22H21N3OS. The Balaban J connectivity index is 1.79. The summed E-state index contributed by atoms with van der Waals surface area (Å²) in [5, 5.41) is 1.68. The Labute approximate surface area is 164 Å². The van der Waals surface area contributed by atoms with Crippen LogP contribution in [0.2, 0.25) is 0 Å². The first-order valence-corrected chi connectivity index (χ1v) is 9.44. The number of likely N-dealkylation sites (N-methyl/N-ethyl adjacent to an activating group) is 2. The van der Waals surface area contributed by atoms with Gasteiger partial charge in [-0.25, -0.2) is 0 Å². The lowest BCUT2D eigenvalue weighted by Crippen LogP contribution is -2.30. The summed E-state index contributed by atoms with van der Waals surface area (Å²) in [7, 11) is 1.85. The smallest absolute Gasteiger partial charge is 0.276 e. The number of para-hydroxylation sites is 1. The number of hydrogen-bond acceptors (Lipinski definition) is 2. The molecule has 0 atom stereocenters. The van der Waals surface area contributed by atoms with Crippen molar-refractivity contribution in [1.29, 1.82) is 0 Å². The fraction of sp³-hybridized carbons (Fsp3) is 0.182. The van der Waals surface area contributed by atoms with E-state index in [9.17, 15) is 4.79 Å². The molecule has 0 N–H and O–H groups in total. The summed E-state index contributed by atoms with van der Waals surface area (Å²) in [6.07, 6.45) is 4.07. The molecule has 2 aromatic carbocycles. The van der Waals surface area contributed by atoms with Crippen LogP contribution in [-0.2, 0) is 11.3 Å². The Bertz CT molecular complexity index is 1050. The van der Waals surface area contributed by atoms with Crippen molar-refractivity contribution in [1.82, 2.24) is 14.4 Å². The average Bonchev–Trinajstić information content (AvgIpc) is 3.13. The first-order chi connectivity index (χ1) is 13.1. The average molecular weight is 375 g/mol. The Hall–Kier alpha value is -2.92. The highest BCUT2D eigenvalue weighted by atomic mass is 32.1. The fourth-order valence-electron chi connectivity index (χ4n) is 3.54. The van der Waals surface area contributed by atoms with Gasteiger partial charge in [0, 0.05) is 42.8 Å². The molecule has 1 aliphatic heterocycles. The normalized spacial score (nSPS) is 16.1. The molecule has 4 rings (SSSR count). The number of benzene rings is 2. The molecule has 0 aliphatic carbocycles. The van der Waals surface area contributed by atoms with Crippen molar-refractivity contribution in [2.75, 3.05) is 13.6 Å². The van der Waals surface area contributed by atoms with Gasteiger partial charge in [0.15, 0.2) is 5.11 Å². The number of rotatable bonds is 4. The zero-order chi connectivity index (χ0) is 19.0. The zero-order valence-electron chi connectivity index (χ0n) is 15.4. The van der Waals surface area contributed by atoms with Gasteiger partial charge in [-0.2, -0.15) is 0 Å². The van der Waals surface area contributed by atoms with Crippen molar-refractivity contribution in [3.05, 3.63) is 77.6 Å². The predicted molar refractivity (Wildman–Crippen MR) is 113 cm³/mol. The molecule has 1 saturated heterocycles. The van der Waals surface area contributed by atoms with Gasteiger partial charge in [-0.1, -0.05) is 48.5 Å². The fourth-order valence-corrected chi connectivity index (χ4v) is 3.85. The molecule has 1 fully saturated rings. The standard InChI is InChI=1S/C22H21N3OS/c1-3-25-21(26)20(23(2)22(25)27)13-17-15-24(14-16-9-5-4-6-10-16)19-12-8-7-11-18(17)19/h4-13,15H,3,14H2,1-2H3/b20-13-. The zero-order valence-corrected chi connectivity index (χ0v) is 16.2. The quantitative estimate of drug-likeness (QED) is 0.508. The van der Waals surface area contributed by atoms with Gasteiger partial charge < -0.3 is 9.47 Å². The molecule has 27 heavy (non-hydrogen) atoms. The number of thiocarbonyl (C=S) groups is 1. The Morgan fingerprint density at radius 1 is 1.04 bits per heavy atom. The van der Waals surface area contributed by atoms with Crippen LogP contribution in [-0.4, -0.2) is 39.0 Å². The number of amides is 1. The van der Waals surface area contributed by atoms with Gasteiger partial charge >= 0.3 is 0 Å². The number of nitrogens with zero attached hydrogens (tertiary/aromatic N) is 3. The van der Waals surface area contributed by atoms with Gasteiger partial charge in [0.1, 0.15) is 5.70 Å². The van der Waals surface area contributed by atoms with E-state index in [1.807, 2.05) is 38.2 Å². The Morgan fingerprint density at radius 3 is 2.44 bits per heavy atom. The van der Waals surface area contributed by atoms with Crippen LogP contribution in [0.5, 0.6) is 0 Å². The second-order valence-corrected chi connectivity index (χ2v) is 7.00. The maximum Gasteiger partial charge on any atom is 0.276 e. The van der Waals surface area contributed by atoms with Gasteiger partial charge in [0.25, 0.3) is 5.91 Å². The van der Waals surface area contributed by atoms with Crippen LogP contribution in [0.15, 0.2) is 66.5 Å². The van der Waals surface area contributed by atoms with Gasteiger partial charge in [0.05, 0.1) is 0 Å². The van der Waals surface area contributed by atoms with E-state index < -0.39 is 0 Å². The van der Waals surface area contributed by atoms with Crippen LogP contribution in [0.1, 0.15) is 18.1 Å². The maximum atomic E-state index is 12.7. The summed E-state index contributed by atoms with van der Waals surface area (Å²) in [5.74, 6) is -0.0371. The van der Waals surface area contributed by atoms with Gasteiger partial charge in [-0.3, -0.25) is 9.69 Å². The molecule has 3 aromatic rings. The molecule has 0 spiro atoms. The summed E-state index contributed by atoms with van der Waals surface area (Å²) < 4.78 is 2.23. The lowest BCUT2D eigenvalue weighted by atomic mass is 10.1. The highest BCUT2D eigenvalue weighted by Gasteiger charge is 2.34. The lowest BCUT2D eigenvalue weighted by molar-refractivity contribution is -0.122. The molecule has 1 amide bonds. The first kappa shape index (κ1) is 17.5. The molecule has 5 heteroatoms. The largest absolute Gasteiger partial charge is 0.342 e. The molecule has 1 aromatic heterocycles. The summed E-state index contributed by atoms with van der Waals surface area (Å²) in [6.45, 7) is 3.30. The van der Waals surface area contributed by atoms with E-state index in [0.29, 0.717) is 17.4 Å². The third-order valence-corrected chi connectivity index (χ3v) is 5.46. The summed E-state index contributed by atoms with van der Waals surface area (Å²) in [5.41, 5.74) is 4.03. The minimum absolute atomic E-state index is 0.0371. The molecule has 4 nitrogen and oxygen atoms in total. The topological polar surface area (TPSA) is 28.5 Å². The minimum Gasteiger partial charge on any atom is -0.342 e. The van der Waals surface area contributed by atoms with Gasteiger partial charge in [-0.15, -0.1) is 0 Å². The van der Waals surface area contributed by atoms with E-state index in [2.05, 4.69) is 47.2 Å². The van der Waals surface area contributed by atoms with Crippen molar-refractivity contribution in [3.8, 4) is 0 Å². The van der Waals surface area contributed by atoms with Gasteiger partial charge in [0.2, 0.25) is 0 Å². The predicted octanol–water partition coefficient (Wildman–Crippen LogP) is 4.11. The van der Waals surface area contributed by atoms with E-state index in [0.717, 1.165) is 23.0 Å². The minimum atomic E-state index is -0.0371. The van der Waals surface area contributed by atoms with Gasteiger partial charge in [-0.05, 0) is 36.8 Å². The molecular weight excluding hydrogens is 354 g/mol. The second kappa shape index (κ2) is 7.00. The molecule has 0 unspecified atom stereocenters. The van der Waals surface area contributed by atoms with Crippen molar-refractivity contribution in [2.24, 2.45) is 0 Å². The lowest BCUT2D eigenvalue weighted by Gasteiger charge is -2.13. The summed E-state index contributed by atoms with van der Waals surface area (Å²) in [4.78, 5) is 16.1. The first-order valence-electron chi connectivity index (χ1n) is 9.03. The molecule has 0 saturated carbocycles. The number of carbonyl (C=O) groups is 1. The van der Waals surface area contributed by atoms with E-state index in [4.69, 9.17) is 12.2 Å². The van der Waals surface area contributed by atoms with Crippen molar-refractivity contribution >= 4 is 40.2 Å². The molecule has 136 valence electrons. The third-order valence-electron chi connectivity index (χ3n) is 4.97. The summed E-state index contributed by atoms with van der Waals surface area (Å²) in [6, 6.07) is 18.7. The van der Waals surface area contributed by atoms with Crippen LogP contribution in [0.3, 0.4) is 0 Å². The number of aromatic nitrogens is 1. The Kier molecular flexibility index (Phi) is 4.54. The highest BCUT2D eigenvalue weighted by molar-refractivity contribution is 7.80. The monoisotopic (exact) mass is 375 g/mol. The molecule has 0 bridgehead atoms. The van der Waals surface area contributed by atoms with E-state index in [1.165, 1.54) is 5.56 Å². The van der Waals surface area contributed by atoms with Crippen molar-refractivity contribution in [3.63, 3.8) is 0 Å². The van der Waals surface area contributed by atoms with E-state index in [1.54, 1.807) is 9.80 Å². The highest BCUT2D eigenvalue weighted by Crippen LogP contribution is 2.28. The van der Waals surface area contributed by atoms with Crippen LogP contribution in [0.4, 0.5) is 0 Å². The second-order valence-electron chi connectivity index (χ2n) is 6.64. The number of carbonyl (C=O) groups excluding carboxylic acids is 1.